The average molecular weight is 218 g/mol. The normalized spacial score (nSPS) is 16.5. The second-order valence-corrected chi connectivity index (χ2v) is 3.42. The highest BCUT2D eigenvalue weighted by molar-refractivity contribution is 5.53. The zero-order valence-corrected chi connectivity index (χ0v) is 7.71. The molecule has 0 aromatic carbocycles. The Labute approximate surface area is 84.1 Å². The number of nitrogens with two attached hydrogens (primary N) is 1. The van der Waals surface area contributed by atoms with E-state index >= 15 is 0 Å². The Kier molecular flexibility index (Phi) is 2.21. The highest BCUT2D eigenvalue weighted by Gasteiger charge is 2.38. The number of rotatable bonds is 2. The first-order chi connectivity index (χ1) is 6.98. The van der Waals surface area contributed by atoms with Gasteiger partial charge in [0, 0.05) is 0 Å². The van der Waals surface area contributed by atoms with Crippen LogP contribution in [0.25, 0.3) is 0 Å². The maximum absolute atomic E-state index is 12.6. The van der Waals surface area contributed by atoms with Gasteiger partial charge in [-0.2, -0.15) is 13.2 Å². The summed E-state index contributed by atoms with van der Waals surface area (Å²) in [6.45, 7) is 0. The van der Waals surface area contributed by atoms with Crippen molar-refractivity contribution in [2.75, 3.05) is 5.73 Å². The number of aromatic nitrogens is 1. The van der Waals surface area contributed by atoms with Gasteiger partial charge in [-0.05, 0) is 12.8 Å². The number of anilines is 1. The van der Waals surface area contributed by atoms with Gasteiger partial charge >= 0.3 is 6.18 Å². The number of nitrogen functional groups attached to an aromatic ring is 1. The van der Waals surface area contributed by atoms with Crippen molar-refractivity contribution < 1.29 is 17.9 Å². The molecule has 0 bridgehead atoms. The number of halogens is 3. The van der Waals surface area contributed by atoms with Crippen LogP contribution in [-0.2, 0) is 6.18 Å². The van der Waals surface area contributed by atoms with Crippen LogP contribution in [0.4, 0.5) is 18.9 Å². The van der Waals surface area contributed by atoms with Crippen molar-refractivity contribution in [2.24, 2.45) is 0 Å². The van der Waals surface area contributed by atoms with Crippen molar-refractivity contribution in [2.45, 2.75) is 25.1 Å². The zero-order chi connectivity index (χ0) is 11.1. The van der Waals surface area contributed by atoms with Crippen LogP contribution in [0.5, 0.6) is 5.75 Å². The molecular formula is C9H9F3N2O. The molecule has 0 unspecified atom stereocenters. The summed E-state index contributed by atoms with van der Waals surface area (Å²) in [6.07, 6.45) is -1.02. The van der Waals surface area contributed by atoms with Crippen molar-refractivity contribution in [3.8, 4) is 5.75 Å². The molecule has 82 valence electrons. The van der Waals surface area contributed by atoms with Crippen molar-refractivity contribution in [1.82, 2.24) is 4.98 Å². The van der Waals surface area contributed by atoms with Crippen LogP contribution in [-0.4, -0.2) is 11.1 Å². The molecule has 0 saturated heterocycles. The molecule has 1 aromatic heterocycles. The van der Waals surface area contributed by atoms with Crippen LogP contribution in [0.3, 0.4) is 0 Å². The van der Waals surface area contributed by atoms with Crippen molar-refractivity contribution in [1.29, 1.82) is 0 Å². The molecule has 15 heavy (non-hydrogen) atoms. The summed E-state index contributed by atoms with van der Waals surface area (Å²) >= 11 is 0. The summed E-state index contributed by atoms with van der Waals surface area (Å²) in [5, 5.41) is 0. The van der Waals surface area contributed by atoms with Crippen molar-refractivity contribution >= 4 is 5.69 Å². The maximum atomic E-state index is 12.6. The predicted molar refractivity (Wildman–Crippen MR) is 47.3 cm³/mol. The van der Waals surface area contributed by atoms with E-state index in [2.05, 4.69) is 4.98 Å². The molecule has 0 radical (unpaired) electrons. The molecule has 0 atom stereocenters. The fourth-order valence-corrected chi connectivity index (χ4v) is 1.21. The van der Waals surface area contributed by atoms with E-state index in [0.29, 0.717) is 0 Å². The predicted octanol–water partition coefficient (Wildman–Crippen LogP) is 2.22. The van der Waals surface area contributed by atoms with Gasteiger partial charge in [0.15, 0.2) is 5.75 Å². The zero-order valence-electron chi connectivity index (χ0n) is 7.71. The van der Waals surface area contributed by atoms with Gasteiger partial charge in [0.05, 0.1) is 24.2 Å². The molecule has 0 amide bonds. The first-order valence-corrected chi connectivity index (χ1v) is 4.46. The highest BCUT2D eigenvalue weighted by Crippen LogP contribution is 2.41. The lowest BCUT2D eigenvalue weighted by atomic mass is 10.2. The largest absolute Gasteiger partial charge is 0.488 e. The lowest BCUT2D eigenvalue weighted by molar-refractivity contribution is -0.138. The monoisotopic (exact) mass is 218 g/mol. The van der Waals surface area contributed by atoms with Crippen LogP contribution < -0.4 is 10.5 Å². The maximum Gasteiger partial charge on any atom is 0.422 e. The molecule has 2 N–H and O–H groups in total. The summed E-state index contributed by atoms with van der Waals surface area (Å²) in [5.74, 6) is -0.273. The second-order valence-electron chi connectivity index (χ2n) is 3.42. The SMILES string of the molecule is Nc1cncc(OC2CC2)c1C(F)(F)F. The highest BCUT2D eigenvalue weighted by atomic mass is 19.4. The Morgan fingerprint density at radius 2 is 2.00 bits per heavy atom. The Balaban J connectivity index is 2.38. The van der Waals surface area contributed by atoms with Gasteiger partial charge in [-0.15, -0.1) is 0 Å². The molecular weight excluding hydrogens is 209 g/mol. The Bertz CT molecular complexity index is 374. The number of pyridine rings is 1. The van der Waals surface area contributed by atoms with Gasteiger partial charge in [0.2, 0.25) is 0 Å². The minimum absolute atomic E-state index is 0.116. The summed E-state index contributed by atoms with van der Waals surface area (Å²) in [6, 6.07) is 0. The van der Waals surface area contributed by atoms with E-state index in [0.717, 1.165) is 25.2 Å². The molecule has 1 fully saturated rings. The lowest BCUT2D eigenvalue weighted by Gasteiger charge is -2.14. The quantitative estimate of drug-likeness (QED) is 0.827. The summed E-state index contributed by atoms with van der Waals surface area (Å²) in [4.78, 5) is 3.59. The third-order valence-corrected chi connectivity index (χ3v) is 2.04. The first-order valence-electron chi connectivity index (χ1n) is 4.46. The van der Waals surface area contributed by atoms with Gasteiger partial charge in [-0.25, -0.2) is 0 Å². The summed E-state index contributed by atoms with van der Waals surface area (Å²) < 4.78 is 42.9. The minimum Gasteiger partial charge on any atom is -0.488 e. The van der Waals surface area contributed by atoms with Crippen LogP contribution in [0, 0.1) is 0 Å². The van der Waals surface area contributed by atoms with Gasteiger partial charge in [0.25, 0.3) is 0 Å². The number of alkyl halides is 3. The van der Waals surface area contributed by atoms with E-state index in [1.807, 2.05) is 0 Å². The van der Waals surface area contributed by atoms with Gasteiger partial charge in [-0.1, -0.05) is 0 Å². The van der Waals surface area contributed by atoms with Gasteiger partial charge < -0.3 is 10.5 Å². The number of hydrogen-bond acceptors (Lipinski definition) is 3. The van der Waals surface area contributed by atoms with Crippen LogP contribution in [0.2, 0.25) is 0 Å². The topological polar surface area (TPSA) is 48.1 Å². The molecule has 2 rings (SSSR count). The Hall–Kier alpha value is -1.46. The molecule has 6 heteroatoms. The molecule has 1 aliphatic rings. The molecule has 0 aliphatic heterocycles. The van der Waals surface area contributed by atoms with Gasteiger partial charge in [0.1, 0.15) is 5.56 Å². The molecule has 1 saturated carbocycles. The fraction of sp³-hybridized carbons (Fsp3) is 0.444. The Morgan fingerprint density at radius 3 is 2.53 bits per heavy atom. The fourth-order valence-electron chi connectivity index (χ4n) is 1.21. The van der Waals surface area contributed by atoms with E-state index in [4.69, 9.17) is 10.5 Å². The molecule has 1 aliphatic carbocycles. The number of nitrogens with zero attached hydrogens (tertiary/aromatic N) is 1. The van der Waals surface area contributed by atoms with E-state index in [1.165, 1.54) is 0 Å². The molecule has 1 aromatic rings. The third-order valence-electron chi connectivity index (χ3n) is 2.04. The minimum atomic E-state index is -4.50. The standard InChI is InChI=1S/C9H9F3N2O/c10-9(11,12)8-6(13)3-14-4-7(8)15-5-1-2-5/h3-5H,1-2,13H2. The summed E-state index contributed by atoms with van der Waals surface area (Å²) in [5.41, 5.74) is 3.91. The van der Waals surface area contributed by atoms with Crippen molar-refractivity contribution in [3.63, 3.8) is 0 Å². The lowest BCUT2D eigenvalue weighted by Crippen LogP contribution is -2.13. The van der Waals surface area contributed by atoms with E-state index in [-0.39, 0.29) is 11.9 Å². The van der Waals surface area contributed by atoms with E-state index in [1.54, 1.807) is 0 Å². The average Bonchev–Trinajstić information content (AvgIpc) is 2.85. The van der Waals surface area contributed by atoms with Crippen LogP contribution in [0.1, 0.15) is 18.4 Å². The van der Waals surface area contributed by atoms with Crippen LogP contribution in [0.15, 0.2) is 12.4 Å². The first kappa shape index (κ1) is 10.1. The third kappa shape index (κ3) is 2.14. The van der Waals surface area contributed by atoms with Gasteiger partial charge in [-0.3, -0.25) is 4.98 Å². The molecule has 3 nitrogen and oxygen atoms in total. The molecule has 0 spiro atoms. The van der Waals surface area contributed by atoms with E-state index in [9.17, 15) is 13.2 Å². The number of ether oxygens (including phenoxy) is 1. The molecule has 1 heterocycles. The van der Waals surface area contributed by atoms with Crippen molar-refractivity contribution in [3.05, 3.63) is 18.0 Å². The Morgan fingerprint density at radius 1 is 1.33 bits per heavy atom. The second kappa shape index (κ2) is 3.29. The smallest absolute Gasteiger partial charge is 0.422 e. The van der Waals surface area contributed by atoms with Crippen LogP contribution >= 0.6 is 0 Å². The van der Waals surface area contributed by atoms with E-state index < -0.39 is 17.4 Å². The summed E-state index contributed by atoms with van der Waals surface area (Å²) in [7, 11) is 0. The number of hydrogen-bond donors (Lipinski definition) is 1.